The average molecular weight is 622 g/mol. The van der Waals surface area contributed by atoms with Crippen molar-refractivity contribution in [3.63, 3.8) is 0 Å². The highest BCUT2D eigenvalue weighted by atomic mass is 32.2. The summed E-state index contributed by atoms with van der Waals surface area (Å²) >= 11 is 0. The number of nitrogens with one attached hydrogen (secondary N) is 4. The molecule has 0 saturated heterocycles. The Morgan fingerprint density at radius 3 is 2.50 bits per heavy atom. The lowest BCUT2D eigenvalue weighted by molar-refractivity contribution is -0.136. The molecule has 232 valence electrons. The normalized spacial score (nSPS) is 11.8. The maximum Gasteiger partial charge on any atom is 0.356 e. The van der Waals surface area contributed by atoms with Gasteiger partial charge in [-0.3, -0.25) is 14.3 Å². The van der Waals surface area contributed by atoms with E-state index in [1.54, 1.807) is 55.1 Å². The molecule has 4 rings (SSSR count). The number of rotatable bonds is 12. The van der Waals surface area contributed by atoms with Gasteiger partial charge in [-0.15, -0.1) is 0 Å². The zero-order chi connectivity index (χ0) is 32.0. The van der Waals surface area contributed by atoms with Gasteiger partial charge in [-0.25, -0.2) is 18.2 Å². The number of anilines is 1. The predicted molar refractivity (Wildman–Crippen MR) is 166 cm³/mol. The van der Waals surface area contributed by atoms with Crippen molar-refractivity contribution < 1.29 is 22.7 Å². The molecule has 13 nitrogen and oxygen atoms in total. The van der Waals surface area contributed by atoms with Gasteiger partial charge in [-0.05, 0) is 62.6 Å². The average Bonchev–Trinajstić information content (AvgIpc) is 3.50. The van der Waals surface area contributed by atoms with Crippen LogP contribution in [0.2, 0.25) is 0 Å². The van der Waals surface area contributed by atoms with Crippen LogP contribution >= 0.6 is 0 Å². The van der Waals surface area contributed by atoms with Gasteiger partial charge < -0.3 is 30.7 Å². The molecule has 0 bridgehead atoms. The summed E-state index contributed by atoms with van der Waals surface area (Å²) in [6.45, 7) is 6.39. The Balaban J connectivity index is 1.66. The molecule has 2 aromatic carbocycles. The van der Waals surface area contributed by atoms with Crippen molar-refractivity contribution in [1.29, 1.82) is 0 Å². The van der Waals surface area contributed by atoms with Crippen LogP contribution in [0.25, 0.3) is 10.9 Å². The molecule has 0 atom stereocenters. The second kappa shape index (κ2) is 13.6. The molecular formula is C30H35N7O6S. The number of aromatic amines is 1. The number of pyridine rings is 1. The maximum atomic E-state index is 13.4. The van der Waals surface area contributed by atoms with E-state index >= 15 is 0 Å². The minimum absolute atomic E-state index is 0.000258. The first-order valence-electron chi connectivity index (χ1n) is 13.7. The van der Waals surface area contributed by atoms with Crippen LogP contribution < -0.4 is 26.5 Å². The Labute approximate surface area is 254 Å². The summed E-state index contributed by atoms with van der Waals surface area (Å²) in [7, 11) is -3.17. The first kappa shape index (κ1) is 32.0. The number of hydrogen-bond donors (Lipinski definition) is 5. The van der Waals surface area contributed by atoms with Crippen LogP contribution in [0.1, 0.15) is 39.0 Å². The van der Waals surface area contributed by atoms with Gasteiger partial charge >= 0.3 is 5.97 Å². The van der Waals surface area contributed by atoms with Crippen LogP contribution in [0.15, 0.2) is 70.5 Å². The number of aryl methyl sites for hydroxylation is 4. The third-order valence-electron chi connectivity index (χ3n) is 6.82. The number of aromatic nitrogens is 3. The van der Waals surface area contributed by atoms with Gasteiger partial charge in [0.1, 0.15) is 5.56 Å². The molecule has 0 spiro atoms. The number of methoxy groups -OCH3 is 1. The number of benzene rings is 2. The van der Waals surface area contributed by atoms with E-state index in [2.05, 4.69) is 25.3 Å². The van der Waals surface area contributed by atoms with E-state index < -0.39 is 33.0 Å². The van der Waals surface area contributed by atoms with Crippen LogP contribution in [-0.4, -0.2) is 48.5 Å². The number of nitrogens with zero attached hydrogens (tertiary/aromatic N) is 2. The smallest absolute Gasteiger partial charge is 0.356 e. The summed E-state index contributed by atoms with van der Waals surface area (Å²) in [6.07, 6.45) is 6.21. The zero-order valence-electron chi connectivity index (χ0n) is 24.9. The molecule has 2 heterocycles. The summed E-state index contributed by atoms with van der Waals surface area (Å²) in [6, 6.07) is 8.68. The van der Waals surface area contributed by atoms with E-state index in [-0.39, 0.29) is 10.5 Å². The number of H-pyrrole nitrogens is 1. The third kappa shape index (κ3) is 7.15. The second-order valence-corrected chi connectivity index (χ2v) is 11.8. The monoisotopic (exact) mass is 621 g/mol. The molecule has 1 amide bonds. The number of carbonyl (C=O) groups is 2. The van der Waals surface area contributed by atoms with Gasteiger partial charge in [0.25, 0.3) is 15.9 Å². The van der Waals surface area contributed by atoms with Gasteiger partial charge in [-0.2, -0.15) is 0 Å². The van der Waals surface area contributed by atoms with Crippen LogP contribution in [0, 0.1) is 20.8 Å². The van der Waals surface area contributed by atoms with Crippen molar-refractivity contribution in [3.8, 4) is 0 Å². The van der Waals surface area contributed by atoms with E-state index in [9.17, 15) is 22.8 Å². The first-order valence-corrected chi connectivity index (χ1v) is 15.2. The Hall–Kier alpha value is -4.95. The molecule has 0 unspecified atom stereocenters. The molecule has 0 radical (unpaired) electrons. The van der Waals surface area contributed by atoms with Gasteiger partial charge in [0.2, 0.25) is 5.43 Å². The molecule has 0 aliphatic rings. The van der Waals surface area contributed by atoms with Crippen LogP contribution in [0.3, 0.4) is 0 Å². The van der Waals surface area contributed by atoms with Crippen molar-refractivity contribution in [2.45, 2.75) is 45.2 Å². The van der Waals surface area contributed by atoms with E-state index in [0.717, 1.165) is 24.4 Å². The van der Waals surface area contributed by atoms with Crippen LogP contribution in [0.4, 0.5) is 5.95 Å². The quantitative estimate of drug-likeness (QED) is 0.117. The largest absolute Gasteiger partial charge is 0.464 e. The Bertz CT molecular complexity index is 1870. The molecule has 4 aromatic rings. The molecule has 2 aromatic heterocycles. The highest BCUT2D eigenvalue weighted by molar-refractivity contribution is 7.89. The van der Waals surface area contributed by atoms with E-state index in [0.29, 0.717) is 54.0 Å². The van der Waals surface area contributed by atoms with Crippen LogP contribution in [0.5, 0.6) is 0 Å². The molecule has 0 saturated carbocycles. The standard InChI is InChI=1S/C30H35N7O6S/c1-18-12-19(2)27(20(3)13-18)44(41,42)36-24(29(40)43-4)16-34-28(39)23-17-37(11-5-8-31)25-14-21(6-7-22(25)26(23)38)15-35-30-32-9-10-33-30/h6-7,9-10,12-14,16-17,36H,5,8,11,15,31H2,1-4H3,(H,34,39)(H2,32,33,35). The molecule has 6 N–H and O–H groups in total. The summed E-state index contributed by atoms with van der Waals surface area (Å²) in [4.78, 5) is 46.4. The predicted octanol–water partition coefficient (Wildman–Crippen LogP) is 2.33. The third-order valence-corrected chi connectivity index (χ3v) is 8.49. The number of hydrogen-bond acceptors (Lipinski definition) is 9. The Morgan fingerprint density at radius 1 is 1.14 bits per heavy atom. The van der Waals surface area contributed by atoms with Crippen LogP contribution in [-0.2, 0) is 32.6 Å². The van der Waals surface area contributed by atoms with E-state index in [1.165, 1.54) is 6.20 Å². The summed E-state index contributed by atoms with van der Waals surface area (Å²) in [5.74, 6) is -1.28. The maximum absolute atomic E-state index is 13.4. The lowest BCUT2D eigenvalue weighted by Gasteiger charge is -2.16. The molecular weight excluding hydrogens is 586 g/mol. The number of esters is 1. The molecule has 0 aliphatic carbocycles. The minimum Gasteiger partial charge on any atom is -0.464 e. The van der Waals surface area contributed by atoms with Crippen molar-refractivity contribution in [3.05, 3.63) is 98.9 Å². The molecule has 14 heteroatoms. The van der Waals surface area contributed by atoms with Crippen molar-refractivity contribution in [2.24, 2.45) is 5.73 Å². The number of ether oxygens (including phenoxy) is 1. The number of sulfonamides is 1. The Morgan fingerprint density at radius 2 is 1.86 bits per heavy atom. The number of imidazole rings is 1. The first-order chi connectivity index (χ1) is 20.9. The number of amides is 1. The SMILES string of the molecule is COC(=O)C(=CNC(=O)c1cn(CCCN)c2cc(CNc3ncc[nH]3)ccc2c1=O)NS(=O)(=O)c1c(C)cc(C)cc1C. The topological polar surface area (TPSA) is 190 Å². The molecule has 0 aliphatic heterocycles. The fourth-order valence-electron chi connectivity index (χ4n) is 4.94. The number of nitrogens with two attached hydrogens (primary N) is 1. The van der Waals surface area contributed by atoms with Crippen molar-refractivity contribution in [2.75, 3.05) is 19.0 Å². The van der Waals surface area contributed by atoms with Gasteiger partial charge in [0.15, 0.2) is 11.6 Å². The van der Waals surface area contributed by atoms with Crippen molar-refractivity contribution in [1.82, 2.24) is 24.6 Å². The summed E-state index contributed by atoms with van der Waals surface area (Å²) in [5, 5.41) is 5.84. The Kier molecular flexibility index (Phi) is 9.86. The molecule has 0 fully saturated rings. The minimum atomic E-state index is -4.24. The summed E-state index contributed by atoms with van der Waals surface area (Å²) in [5.41, 5.74) is 7.79. The van der Waals surface area contributed by atoms with E-state index in [1.807, 2.05) is 13.0 Å². The highest BCUT2D eigenvalue weighted by Crippen LogP contribution is 2.22. The van der Waals surface area contributed by atoms with Crippen molar-refractivity contribution >= 4 is 38.8 Å². The van der Waals surface area contributed by atoms with Gasteiger partial charge in [0, 0.05) is 43.3 Å². The van der Waals surface area contributed by atoms with Gasteiger partial charge in [0.05, 0.1) is 17.5 Å². The fraction of sp³-hybridized carbons (Fsp3) is 0.267. The fourth-order valence-corrected chi connectivity index (χ4v) is 6.44. The lowest BCUT2D eigenvalue weighted by Crippen LogP contribution is -2.33. The highest BCUT2D eigenvalue weighted by Gasteiger charge is 2.25. The van der Waals surface area contributed by atoms with Gasteiger partial charge in [-0.1, -0.05) is 23.8 Å². The summed E-state index contributed by atoms with van der Waals surface area (Å²) < 4.78 is 35.3. The lowest BCUT2D eigenvalue weighted by atomic mass is 10.1. The number of fused-ring (bicyclic) bond motifs is 1. The van der Waals surface area contributed by atoms with E-state index in [4.69, 9.17) is 10.5 Å². The second-order valence-electron chi connectivity index (χ2n) is 10.2. The number of carbonyl (C=O) groups excluding carboxylic acids is 2. The zero-order valence-corrected chi connectivity index (χ0v) is 25.7. The molecule has 44 heavy (non-hydrogen) atoms.